The van der Waals surface area contributed by atoms with Crippen molar-refractivity contribution in [1.29, 1.82) is 0 Å². The van der Waals surface area contributed by atoms with Gasteiger partial charge in [-0.15, -0.1) is 24.0 Å². The molecule has 2 saturated heterocycles. The smallest absolute Gasteiger partial charge is 0.191 e. The van der Waals surface area contributed by atoms with E-state index in [2.05, 4.69) is 21.7 Å². The summed E-state index contributed by atoms with van der Waals surface area (Å²) in [6, 6.07) is 0. The third kappa shape index (κ3) is 6.16. The van der Waals surface area contributed by atoms with Crippen molar-refractivity contribution in [2.45, 2.75) is 45.4 Å². The van der Waals surface area contributed by atoms with E-state index in [1.54, 1.807) is 0 Å². The van der Waals surface area contributed by atoms with E-state index >= 15 is 0 Å². The van der Waals surface area contributed by atoms with E-state index in [4.69, 9.17) is 5.73 Å². The maximum Gasteiger partial charge on any atom is 0.191 e. The van der Waals surface area contributed by atoms with E-state index in [1.165, 1.54) is 51.6 Å². The van der Waals surface area contributed by atoms with Gasteiger partial charge in [0.05, 0.1) is 6.54 Å². The van der Waals surface area contributed by atoms with Gasteiger partial charge in [0.2, 0.25) is 0 Å². The molecular weight excluding hydrogens is 363 g/mol. The minimum Gasteiger partial charge on any atom is -0.370 e. The lowest BCUT2D eigenvalue weighted by Crippen LogP contribution is -2.43. The van der Waals surface area contributed by atoms with E-state index in [1.807, 2.05) is 0 Å². The Bertz CT molecular complexity index is 280. The van der Waals surface area contributed by atoms with Crippen molar-refractivity contribution in [2.24, 2.45) is 16.6 Å². The first kappa shape index (κ1) is 18.0. The Labute approximate surface area is 141 Å². The van der Waals surface area contributed by atoms with Crippen LogP contribution in [0.3, 0.4) is 0 Å². The minimum absolute atomic E-state index is 0. The highest BCUT2D eigenvalue weighted by Gasteiger charge is 2.16. The molecule has 2 N–H and O–H groups in total. The number of likely N-dealkylation sites (tertiary alicyclic amines) is 2. The van der Waals surface area contributed by atoms with Crippen molar-refractivity contribution >= 4 is 29.9 Å². The SMILES string of the molecule is CC1CCN(C(N)=NCCN2CCCCCC2)CC1.I. The number of halogens is 1. The maximum atomic E-state index is 6.10. The van der Waals surface area contributed by atoms with Gasteiger partial charge in [0, 0.05) is 19.6 Å². The van der Waals surface area contributed by atoms with Gasteiger partial charge in [-0.05, 0) is 44.7 Å². The molecule has 5 heteroatoms. The Balaban J connectivity index is 0.00000200. The summed E-state index contributed by atoms with van der Waals surface area (Å²) in [5, 5.41) is 0. The fourth-order valence-corrected chi connectivity index (χ4v) is 3.00. The predicted molar refractivity (Wildman–Crippen MR) is 96.8 cm³/mol. The fraction of sp³-hybridized carbons (Fsp3) is 0.933. The lowest BCUT2D eigenvalue weighted by molar-refractivity contribution is 0.274. The molecule has 0 bridgehead atoms. The van der Waals surface area contributed by atoms with Gasteiger partial charge in [-0.3, -0.25) is 4.99 Å². The van der Waals surface area contributed by atoms with Gasteiger partial charge in [-0.25, -0.2) is 0 Å². The van der Waals surface area contributed by atoms with E-state index in [0.717, 1.165) is 38.1 Å². The van der Waals surface area contributed by atoms with E-state index in [-0.39, 0.29) is 24.0 Å². The molecule has 4 nitrogen and oxygen atoms in total. The van der Waals surface area contributed by atoms with Gasteiger partial charge in [-0.1, -0.05) is 19.8 Å². The molecule has 0 aromatic heterocycles. The molecule has 0 aromatic carbocycles. The molecule has 0 aliphatic carbocycles. The summed E-state index contributed by atoms with van der Waals surface area (Å²) in [5.74, 6) is 1.61. The first-order valence-corrected chi connectivity index (χ1v) is 8.03. The van der Waals surface area contributed by atoms with E-state index < -0.39 is 0 Å². The van der Waals surface area contributed by atoms with Gasteiger partial charge < -0.3 is 15.5 Å². The number of hydrogen-bond acceptors (Lipinski definition) is 2. The van der Waals surface area contributed by atoms with Crippen molar-refractivity contribution in [2.75, 3.05) is 39.3 Å². The van der Waals surface area contributed by atoms with Crippen LogP contribution in [0.2, 0.25) is 0 Å². The highest BCUT2D eigenvalue weighted by molar-refractivity contribution is 14.0. The molecular formula is C15H31IN4. The summed E-state index contributed by atoms with van der Waals surface area (Å²) < 4.78 is 0. The second-order valence-electron chi connectivity index (χ2n) is 6.17. The van der Waals surface area contributed by atoms with Crippen LogP contribution in [0.25, 0.3) is 0 Å². The molecule has 2 fully saturated rings. The van der Waals surface area contributed by atoms with Gasteiger partial charge in [0.1, 0.15) is 0 Å². The molecule has 2 rings (SSSR count). The summed E-state index contributed by atoms with van der Waals surface area (Å²) in [6.07, 6.45) is 8.00. The summed E-state index contributed by atoms with van der Waals surface area (Å²) in [6.45, 7) is 8.92. The topological polar surface area (TPSA) is 44.9 Å². The first-order valence-electron chi connectivity index (χ1n) is 8.03. The van der Waals surface area contributed by atoms with Crippen molar-refractivity contribution < 1.29 is 0 Å². The summed E-state index contributed by atoms with van der Waals surface area (Å²) >= 11 is 0. The van der Waals surface area contributed by atoms with Gasteiger partial charge in [0.25, 0.3) is 0 Å². The van der Waals surface area contributed by atoms with Crippen LogP contribution in [-0.2, 0) is 0 Å². The van der Waals surface area contributed by atoms with Gasteiger partial charge >= 0.3 is 0 Å². The standard InChI is InChI=1S/C15H30N4.HI/c1-14-6-11-19(12-7-14)15(16)17-8-13-18-9-4-2-3-5-10-18;/h14H,2-13H2,1H3,(H2,16,17);1H. The third-order valence-corrected chi connectivity index (χ3v) is 4.50. The second-order valence-corrected chi connectivity index (χ2v) is 6.17. The van der Waals surface area contributed by atoms with E-state index in [0.29, 0.717) is 0 Å². The van der Waals surface area contributed by atoms with Crippen LogP contribution in [0.5, 0.6) is 0 Å². The van der Waals surface area contributed by atoms with Crippen LogP contribution in [0, 0.1) is 5.92 Å². The quantitative estimate of drug-likeness (QED) is 0.455. The number of hydrogen-bond donors (Lipinski definition) is 1. The van der Waals surface area contributed by atoms with Crippen LogP contribution in [-0.4, -0.2) is 55.0 Å². The predicted octanol–water partition coefficient (Wildman–Crippen LogP) is 2.53. The molecule has 2 aliphatic heterocycles. The number of nitrogens with zero attached hydrogens (tertiary/aromatic N) is 3. The normalized spacial score (nSPS) is 23.2. The Morgan fingerprint density at radius 3 is 2.25 bits per heavy atom. The van der Waals surface area contributed by atoms with Crippen LogP contribution in [0.4, 0.5) is 0 Å². The average Bonchev–Trinajstić information content (AvgIpc) is 2.68. The molecule has 20 heavy (non-hydrogen) atoms. The van der Waals surface area contributed by atoms with Crippen molar-refractivity contribution in [1.82, 2.24) is 9.80 Å². The van der Waals surface area contributed by atoms with Crippen molar-refractivity contribution in [3.05, 3.63) is 0 Å². The molecule has 0 amide bonds. The molecule has 0 atom stereocenters. The molecule has 0 spiro atoms. The minimum atomic E-state index is 0. The number of guanidine groups is 1. The summed E-state index contributed by atoms with van der Waals surface area (Å²) in [7, 11) is 0. The largest absolute Gasteiger partial charge is 0.370 e. The fourth-order valence-electron chi connectivity index (χ4n) is 3.00. The molecule has 2 aliphatic rings. The van der Waals surface area contributed by atoms with Gasteiger partial charge in [0.15, 0.2) is 5.96 Å². The van der Waals surface area contributed by atoms with E-state index in [9.17, 15) is 0 Å². The molecule has 0 saturated carbocycles. The lowest BCUT2D eigenvalue weighted by Gasteiger charge is -2.31. The van der Waals surface area contributed by atoms with Gasteiger partial charge in [-0.2, -0.15) is 0 Å². The van der Waals surface area contributed by atoms with Crippen molar-refractivity contribution in [3.63, 3.8) is 0 Å². The highest BCUT2D eigenvalue weighted by Crippen LogP contribution is 2.15. The maximum absolute atomic E-state index is 6.10. The van der Waals surface area contributed by atoms with Crippen LogP contribution in [0.1, 0.15) is 45.4 Å². The zero-order chi connectivity index (χ0) is 13.5. The molecule has 2 heterocycles. The Morgan fingerprint density at radius 2 is 1.65 bits per heavy atom. The number of aliphatic imine (C=N–C) groups is 1. The second kappa shape index (κ2) is 9.82. The van der Waals surface area contributed by atoms with Crippen molar-refractivity contribution in [3.8, 4) is 0 Å². The average molecular weight is 394 g/mol. The molecule has 0 aromatic rings. The summed E-state index contributed by atoms with van der Waals surface area (Å²) in [4.78, 5) is 9.37. The Hall–Kier alpha value is -0.0400. The van der Waals surface area contributed by atoms with Crippen LogP contribution >= 0.6 is 24.0 Å². The number of piperidine rings is 1. The molecule has 118 valence electrons. The zero-order valence-corrected chi connectivity index (χ0v) is 15.2. The van der Waals surface area contributed by atoms with Crippen LogP contribution < -0.4 is 5.73 Å². The zero-order valence-electron chi connectivity index (χ0n) is 12.9. The number of nitrogens with two attached hydrogens (primary N) is 1. The van der Waals surface area contributed by atoms with Crippen LogP contribution in [0.15, 0.2) is 4.99 Å². The molecule has 0 unspecified atom stereocenters. The lowest BCUT2D eigenvalue weighted by atomic mass is 10.00. The summed E-state index contributed by atoms with van der Waals surface area (Å²) in [5.41, 5.74) is 6.10. The number of rotatable bonds is 3. The Morgan fingerprint density at radius 1 is 1.05 bits per heavy atom. The first-order chi connectivity index (χ1) is 9.25. The monoisotopic (exact) mass is 394 g/mol. The third-order valence-electron chi connectivity index (χ3n) is 4.50. The highest BCUT2D eigenvalue weighted by atomic mass is 127. The molecule has 0 radical (unpaired) electrons. The Kier molecular flexibility index (Phi) is 8.84.